The van der Waals surface area contributed by atoms with Gasteiger partial charge in [-0.1, -0.05) is 98.6 Å². The lowest BCUT2D eigenvalue weighted by Crippen LogP contribution is -2.08. The lowest BCUT2D eigenvalue weighted by Gasteiger charge is -2.25. The number of rotatable bonds is 8. The molecule has 1 aromatic carbocycles. The first-order valence-electron chi connectivity index (χ1n) is 13.3. The summed E-state index contributed by atoms with van der Waals surface area (Å²) in [6.45, 7) is 13.6. The van der Waals surface area contributed by atoms with E-state index in [0.29, 0.717) is 5.92 Å². The second-order valence-electron chi connectivity index (χ2n) is 11.0. The fourth-order valence-electron chi connectivity index (χ4n) is 6.84. The zero-order valence-electron chi connectivity index (χ0n) is 20.4. The Bertz CT molecular complexity index is 1050. The molecule has 0 bridgehead atoms. The molecule has 1 saturated carbocycles. The molecule has 1 aromatic rings. The highest BCUT2D eigenvalue weighted by molar-refractivity contribution is 5.64. The monoisotopic (exact) mass is 436 g/mol. The van der Waals surface area contributed by atoms with Gasteiger partial charge in [0.15, 0.2) is 0 Å². The normalized spacial score (nSPS) is 22.7. The summed E-state index contributed by atoms with van der Waals surface area (Å²) in [6.07, 6.45) is 21.1. The summed E-state index contributed by atoms with van der Waals surface area (Å²) in [5, 5.41) is 0. The van der Waals surface area contributed by atoms with E-state index in [-0.39, 0.29) is 0 Å². The molecule has 4 aliphatic carbocycles. The maximum atomic E-state index is 4.66. The smallest absolute Gasteiger partial charge is 0.0127 e. The van der Waals surface area contributed by atoms with E-state index in [1.165, 1.54) is 98.5 Å². The Morgan fingerprint density at radius 2 is 1.73 bits per heavy atom. The van der Waals surface area contributed by atoms with E-state index in [9.17, 15) is 0 Å². The first-order chi connectivity index (χ1) is 16.1. The molecule has 1 atom stereocenters. The van der Waals surface area contributed by atoms with E-state index in [4.69, 9.17) is 0 Å². The Balaban J connectivity index is 1.32. The molecule has 4 aliphatic rings. The number of hydrogen-bond donors (Lipinski definition) is 0. The van der Waals surface area contributed by atoms with Gasteiger partial charge in [0.05, 0.1) is 0 Å². The summed E-state index contributed by atoms with van der Waals surface area (Å²) >= 11 is 0. The average molecular weight is 437 g/mol. The minimum Gasteiger partial charge on any atom is -0.0995 e. The predicted octanol–water partition coefficient (Wildman–Crippen LogP) is 9.79. The highest BCUT2D eigenvalue weighted by Crippen LogP contribution is 2.47. The highest BCUT2D eigenvalue weighted by Gasteiger charge is 2.29. The van der Waals surface area contributed by atoms with Crippen LogP contribution in [-0.4, -0.2) is 0 Å². The Kier molecular flexibility index (Phi) is 6.72. The fourth-order valence-corrected chi connectivity index (χ4v) is 6.84. The van der Waals surface area contributed by atoms with Crippen molar-refractivity contribution in [2.24, 2.45) is 5.92 Å². The molecule has 0 nitrogen and oxygen atoms in total. The molecule has 172 valence electrons. The Morgan fingerprint density at radius 3 is 2.58 bits per heavy atom. The standard InChI is InChI=1S/C33H40/c1-23(21-32-24(2)17-19-27-12-6-8-14-30(27)32)20-29-22-28-13-7-9-15-31(28)33(29)25(3)16-18-26-10-4-5-11-26/h6,8,12,14,17,19,26,32H,1-5,7,9-11,13,15-16,18,20-22H2. The third kappa shape index (κ3) is 4.81. The summed E-state index contributed by atoms with van der Waals surface area (Å²) in [6, 6.07) is 8.78. The van der Waals surface area contributed by atoms with Gasteiger partial charge in [0, 0.05) is 5.92 Å². The molecule has 0 N–H and O–H groups in total. The van der Waals surface area contributed by atoms with Crippen LogP contribution in [0.25, 0.3) is 6.08 Å². The minimum absolute atomic E-state index is 0.359. The molecule has 1 unspecified atom stereocenters. The maximum absolute atomic E-state index is 4.66. The van der Waals surface area contributed by atoms with Gasteiger partial charge < -0.3 is 0 Å². The van der Waals surface area contributed by atoms with Gasteiger partial charge in [-0.25, -0.2) is 0 Å². The molecule has 1 fully saturated rings. The molecule has 0 spiro atoms. The van der Waals surface area contributed by atoms with Gasteiger partial charge in [0.1, 0.15) is 0 Å². The van der Waals surface area contributed by atoms with Crippen LogP contribution in [0.5, 0.6) is 0 Å². The van der Waals surface area contributed by atoms with Crippen molar-refractivity contribution in [2.45, 2.75) is 89.4 Å². The molecule has 0 amide bonds. The van der Waals surface area contributed by atoms with E-state index in [0.717, 1.165) is 18.8 Å². The van der Waals surface area contributed by atoms with E-state index in [2.05, 4.69) is 56.2 Å². The Hall–Kier alpha value is -2.34. The van der Waals surface area contributed by atoms with E-state index in [1.807, 2.05) is 0 Å². The van der Waals surface area contributed by atoms with Crippen molar-refractivity contribution >= 4 is 6.08 Å². The van der Waals surface area contributed by atoms with Crippen molar-refractivity contribution in [1.82, 2.24) is 0 Å². The number of fused-ring (bicyclic) bond motifs is 1. The van der Waals surface area contributed by atoms with Crippen molar-refractivity contribution < 1.29 is 0 Å². The third-order valence-electron chi connectivity index (χ3n) is 8.60. The lowest BCUT2D eigenvalue weighted by atomic mass is 9.79. The zero-order valence-corrected chi connectivity index (χ0v) is 20.4. The van der Waals surface area contributed by atoms with Crippen LogP contribution < -0.4 is 0 Å². The van der Waals surface area contributed by atoms with Gasteiger partial charge in [-0.2, -0.15) is 0 Å². The van der Waals surface area contributed by atoms with Crippen LogP contribution in [-0.2, 0) is 0 Å². The van der Waals surface area contributed by atoms with E-state index < -0.39 is 0 Å². The number of benzene rings is 1. The number of allylic oxidation sites excluding steroid dienone is 8. The summed E-state index contributed by atoms with van der Waals surface area (Å²) in [7, 11) is 0. The van der Waals surface area contributed by atoms with Crippen LogP contribution in [0, 0.1) is 5.92 Å². The van der Waals surface area contributed by atoms with Crippen molar-refractivity contribution in [3.63, 3.8) is 0 Å². The van der Waals surface area contributed by atoms with Gasteiger partial charge in [-0.05, 0) is 97.1 Å². The predicted molar refractivity (Wildman–Crippen MR) is 143 cm³/mol. The Labute approximate surface area is 201 Å². The first kappa shape index (κ1) is 22.5. The SMILES string of the molecule is C=C(CC1=C(C(=C)CCC2CCCC2)C2=C(CCCC2)C1)CC1C(=C)C=Cc2ccccc21. The second kappa shape index (κ2) is 9.88. The molecule has 0 aromatic heterocycles. The van der Waals surface area contributed by atoms with Gasteiger partial charge in [0.2, 0.25) is 0 Å². The van der Waals surface area contributed by atoms with Gasteiger partial charge >= 0.3 is 0 Å². The van der Waals surface area contributed by atoms with Crippen molar-refractivity contribution in [3.05, 3.63) is 100 Å². The van der Waals surface area contributed by atoms with Crippen LogP contribution in [0.1, 0.15) is 101 Å². The summed E-state index contributed by atoms with van der Waals surface area (Å²) in [4.78, 5) is 0. The molecule has 0 heteroatoms. The van der Waals surface area contributed by atoms with Crippen LogP contribution >= 0.6 is 0 Å². The molecule has 0 heterocycles. The summed E-state index contributed by atoms with van der Waals surface area (Å²) in [5.74, 6) is 1.30. The molecule has 33 heavy (non-hydrogen) atoms. The largest absolute Gasteiger partial charge is 0.0995 e. The maximum Gasteiger partial charge on any atom is 0.0127 e. The molecule has 0 aliphatic heterocycles. The summed E-state index contributed by atoms with van der Waals surface area (Å²) < 4.78 is 0. The van der Waals surface area contributed by atoms with Gasteiger partial charge in [0.25, 0.3) is 0 Å². The van der Waals surface area contributed by atoms with Crippen LogP contribution in [0.2, 0.25) is 0 Å². The highest BCUT2D eigenvalue weighted by atomic mass is 14.3. The molecule has 5 rings (SSSR count). The summed E-state index contributed by atoms with van der Waals surface area (Å²) in [5.41, 5.74) is 13.3. The first-order valence-corrected chi connectivity index (χ1v) is 13.3. The minimum atomic E-state index is 0.359. The quantitative estimate of drug-likeness (QED) is 0.356. The molecule has 0 saturated heterocycles. The van der Waals surface area contributed by atoms with Crippen LogP contribution in [0.15, 0.2) is 89.1 Å². The van der Waals surface area contributed by atoms with E-state index in [1.54, 1.807) is 22.3 Å². The second-order valence-corrected chi connectivity index (χ2v) is 11.0. The van der Waals surface area contributed by atoms with Crippen LogP contribution in [0.3, 0.4) is 0 Å². The van der Waals surface area contributed by atoms with Crippen molar-refractivity contribution in [1.29, 1.82) is 0 Å². The number of hydrogen-bond acceptors (Lipinski definition) is 0. The Morgan fingerprint density at radius 1 is 0.939 bits per heavy atom. The van der Waals surface area contributed by atoms with Crippen LogP contribution in [0.4, 0.5) is 0 Å². The van der Waals surface area contributed by atoms with Gasteiger partial charge in [-0.15, -0.1) is 0 Å². The fraction of sp³-hybridized carbons (Fsp3) is 0.455. The van der Waals surface area contributed by atoms with Crippen molar-refractivity contribution in [3.8, 4) is 0 Å². The lowest BCUT2D eigenvalue weighted by molar-refractivity contribution is 0.504. The molecular formula is C33H40. The topological polar surface area (TPSA) is 0 Å². The van der Waals surface area contributed by atoms with E-state index >= 15 is 0 Å². The average Bonchev–Trinajstić information content (AvgIpc) is 3.47. The zero-order chi connectivity index (χ0) is 22.8. The third-order valence-corrected chi connectivity index (χ3v) is 8.60. The van der Waals surface area contributed by atoms with Gasteiger partial charge in [-0.3, -0.25) is 0 Å². The molecule has 0 radical (unpaired) electrons. The van der Waals surface area contributed by atoms with Crippen molar-refractivity contribution in [2.75, 3.05) is 0 Å². The molecular weight excluding hydrogens is 396 g/mol.